The first kappa shape index (κ1) is 18.6. The Bertz CT molecular complexity index is 693. The monoisotopic (exact) mass is 436 g/mol. The number of ether oxygens (including phenoxy) is 1. The van der Waals surface area contributed by atoms with E-state index in [1.807, 2.05) is 77.4 Å². The molecule has 3 rings (SSSR count). The van der Waals surface area contributed by atoms with Gasteiger partial charge in [-0.2, -0.15) is 0 Å². The molecule has 0 radical (unpaired) electrons. The molecule has 24 heavy (non-hydrogen) atoms. The van der Waals surface area contributed by atoms with Crippen molar-refractivity contribution in [2.24, 2.45) is 7.05 Å². The summed E-state index contributed by atoms with van der Waals surface area (Å²) in [4.78, 5) is 14.8. The van der Waals surface area contributed by atoms with Crippen molar-refractivity contribution in [3.8, 4) is 0 Å². The van der Waals surface area contributed by atoms with Gasteiger partial charge in [0.05, 0.1) is 13.2 Å². The van der Waals surface area contributed by atoms with E-state index in [2.05, 4.69) is 0 Å². The van der Waals surface area contributed by atoms with Crippen LogP contribution in [0.25, 0.3) is 11.6 Å². The number of hydrogen-bond donors (Lipinski definition) is 0. The fourth-order valence-corrected chi connectivity index (χ4v) is 2.60. The van der Waals surface area contributed by atoms with Gasteiger partial charge in [-0.25, -0.2) is 4.57 Å². The molecule has 5 heteroatoms. The van der Waals surface area contributed by atoms with Crippen molar-refractivity contribution in [3.63, 3.8) is 0 Å². The summed E-state index contributed by atoms with van der Waals surface area (Å²) in [5.41, 5.74) is 2.68. The Morgan fingerprint density at radius 1 is 1.08 bits per heavy atom. The molecule has 1 fully saturated rings. The fourth-order valence-electron chi connectivity index (χ4n) is 2.60. The molecule has 1 aromatic heterocycles. The standard InChI is InChI=1S/C19H21N2O2.HI/c1-20-9-7-17(8-10-20)18(15-16-5-3-2-4-6-16)19(22)21-11-13-23-14-12-21;/h2-10,15H,11-14H2,1H3;1H/q+1;/p-1/b18-15+;. The molecule has 126 valence electrons. The van der Waals surface area contributed by atoms with Crippen LogP contribution in [0.1, 0.15) is 11.1 Å². The van der Waals surface area contributed by atoms with Gasteiger partial charge in [-0.15, -0.1) is 0 Å². The summed E-state index contributed by atoms with van der Waals surface area (Å²) in [7, 11) is 1.97. The Hall–Kier alpha value is -1.73. The van der Waals surface area contributed by atoms with Crippen LogP contribution in [0.15, 0.2) is 54.9 Å². The van der Waals surface area contributed by atoms with Crippen molar-refractivity contribution in [2.75, 3.05) is 26.3 Å². The number of benzene rings is 1. The lowest BCUT2D eigenvalue weighted by Gasteiger charge is -2.27. The third-order valence-electron chi connectivity index (χ3n) is 3.93. The molecule has 0 spiro atoms. The molecular weight excluding hydrogens is 415 g/mol. The molecular formula is C19H21IN2O2. The second kappa shape index (κ2) is 8.94. The van der Waals surface area contributed by atoms with E-state index < -0.39 is 0 Å². The van der Waals surface area contributed by atoms with Gasteiger partial charge in [0.15, 0.2) is 12.4 Å². The van der Waals surface area contributed by atoms with Crippen LogP contribution in [-0.4, -0.2) is 37.1 Å². The Labute approximate surface area is 159 Å². The van der Waals surface area contributed by atoms with Crippen molar-refractivity contribution in [1.29, 1.82) is 0 Å². The van der Waals surface area contributed by atoms with Gasteiger partial charge in [-0.05, 0) is 17.2 Å². The number of hydrogen-bond acceptors (Lipinski definition) is 2. The van der Waals surface area contributed by atoms with Gasteiger partial charge >= 0.3 is 0 Å². The molecule has 0 N–H and O–H groups in total. The van der Waals surface area contributed by atoms with Crippen molar-refractivity contribution in [1.82, 2.24) is 4.90 Å². The zero-order chi connectivity index (χ0) is 16.1. The van der Waals surface area contributed by atoms with Crippen molar-refractivity contribution in [2.45, 2.75) is 0 Å². The van der Waals surface area contributed by atoms with Gasteiger partial charge in [0.25, 0.3) is 5.91 Å². The third kappa shape index (κ3) is 4.64. The van der Waals surface area contributed by atoms with Crippen LogP contribution >= 0.6 is 0 Å². The number of halogens is 1. The van der Waals surface area contributed by atoms with E-state index in [0.29, 0.717) is 26.3 Å². The first-order valence-corrected chi connectivity index (χ1v) is 7.83. The zero-order valence-electron chi connectivity index (χ0n) is 13.7. The van der Waals surface area contributed by atoms with Crippen LogP contribution in [0.2, 0.25) is 0 Å². The van der Waals surface area contributed by atoms with Gasteiger partial charge < -0.3 is 33.6 Å². The largest absolute Gasteiger partial charge is 1.00 e. The lowest BCUT2D eigenvalue weighted by Crippen LogP contribution is -3.00. The molecule has 0 bridgehead atoms. The molecule has 4 nitrogen and oxygen atoms in total. The average Bonchev–Trinajstić information content (AvgIpc) is 2.62. The summed E-state index contributed by atoms with van der Waals surface area (Å²) in [5.74, 6) is 0.0611. The topological polar surface area (TPSA) is 33.4 Å². The summed E-state index contributed by atoms with van der Waals surface area (Å²) in [5, 5.41) is 0. The molecule has 1 aromatic carbocycles. The molecule has 2 heterocycles. The summed E-state index contributed by atoms with van der Waals surface area (Å²) in [6, 6.07) is 13.9. The minimum atomic E-state index is 0. The van der Waals surface area contributed by atoms with Crippen LogP contribution in [0.3, 0.4) is 0 Å². The molecule has 1 saturated heterocycles. The summed E-state index contributed by atoms with van der Waals surface area (Å²) >= 11 is 0. The SMILES string of the molecule is C[n+]1ccc(/C(=C\c2ccccc2)C(=O)N2CCOCC2)cc1.[I-]. The highest BCUT2D eigenvalue weighted by molar-refractivity contribution is 6.24. The summed E-state index contributed by atoms with van der Waals surface area (Å²) in [6.45, 7) is 2.50. The van der Waals surface area contributed by atoms with Gasteiger partial charge in [-0.1, -0.05) is 30.3 Å². The predicted octanol–water partition coefficient (Wildman–Crippen LogP) is -1.09. The van der Waals surface area contributed by atoms with Crippen molar-refractivity contribution in [3.05, 3.63) is 66.0 Å². The fraction of sp³-hybridized carbons (Fsp3) is 0.263. The van der Waals surface area contributed by atoms with Crippen LogP contribution in [0.5, 0.6) is 0 Å². The lowest BCUT2D eigenvalue weighted by atomic mass is 10.0. The van der Waals surface area contributed by atoms with E-state index in [1.165, 1.54) is 0 Å². The number of morpholine rings is 1. The highest BCUT2D eigenvalue weighted by Gasteiger charge is 2.22. The molecule has 0 aliphatic carbocycles. The number of nitrogens with zero attached hydrogens (tertiary/aromatic N) is 2. The molecule has 1 amide bonds. The van der Waals surface area contributed by atoms with Crippen molar-refractivity contribution >= 4 is 17.6 Å². The second-order valence-electron chi connectivity index (χ2n) is 5.63. The molecule has 0 unspecified atom stereocenters. The lowest BCUT2D eigenvalue weighted by molar-refractivity contribution is -0.671. The number of carbonyl (C=O) groups excluding carboxylic acids is 1. The van der Waals surface area contributed by atoms with Gasteiger partial charge in [0.2, 0.25) is 0 Å². The minimum Gasteiger partial charge on any atom is -1.00 e. The first-order valence-electron chi connectivity index (χ1n) is 7.83. The third-order valence-corrected chi connectivity index (χ3v) is 3.93. The number of aromatic nitrogens is 1. The normalized spacial score (nSPS) is 14.9. The number of carbonyl (C=O) groups is 1. The number of amides is 1. The Morgan fingerprint density at radius 2 is 1.71 bits per heavy atom. The smallest absolute Gasteiger partial charge is 0.254 e. The Morgan fingerprint density at radius 3 is 2.33 bits per heavy atom. The van der Waals surface area contributed by atoms with Crippen LogP contribution in [0.4, 0.5) is 0 Å². The van der Waals surface area contributed by atoms with Crippen LogP contribution < -0.4 is 28.5 Å². The Kier molecular flexibility index (Phi) is 6.93. The minimum absolute atomic E-state index is 0. The molecule has 1 aliphatic heterocycles. The maximum absolute atomic E-state index is 13.0. The quantitative estimate of drug-likeness (QED) is 0.349. The van der Waals surface area contributed by atoms with Crippen LogP contribution in [-0.2, 0) is 16.6 Å². The van der Waals surface area contributed by atoms with Gasteiger partial charge in [0, 0.05) is 30.8 Å². The van der Waals surface area contributed by atoms with E-state index in [-0.39, 0.29) is 29.9 Å². The highest BCUT2D eigenvalue weighted by Crippen LogP contribution is 2.20. The second-order valence-corrected chi connectivity index (χ2v) is 5.63. The maximum atomic E-state index is 13.0. The summed E-state index contributed by atoms with van der Waals surface area (Å²) < 4.78 is 7.31. The number of aryl methyl sites for hydroxylation is 1. The molecule has 2 aromatic rings. The zero-order valence-corrected chi connectivity index (χ0v) is 15.8. The maximum Gasteiger partial charge on any atom is 0.254 e. The van der Waals surface area contributed by atoms with E-state index in [9.17, 15) is 4.79 Å². The van der Waals surface area contributed by atoms with Crippen LogP contribution in [0, 0.1) is 0 Å². The number of pyridine rings is 1. The first-order chi connectivity index (χ1) is 11.2. The van der Waals surface area contributed by atoms with E-state index in [0.717, 1.165) is 16.7 Å². The average molecular weight is 436 g/mol. The molecule has 1 aliphatic rings. The van der Waals surface area contributed by atoms with Crippen molar-refractivity contribution < 1.29 is 38.1 Å². The van der Waals surface area contributed by atoms with E-state index in [1.54, 1.807) is 0 Å². The highest BCUT2D eigenvalue weighted by atomic mass is 127. The van der Waals surface area contributed by atoms with Gasteiger partial charge in [0.1, 0.15) is 7.05 Å². The van der Waals surface area contributed by atoms with Gasteiger partial charge in [-0.3, -0.25) is 4.79 Å². The molecule has 0 atom stereocenters. The van der Waals surface area contributed by atoms with E-state index in [4.69, 9.17) is 4.74 Å². The Balaban J connectivity index is 0.00000208. The molecule has 0 saturated carbocycles. The summed E-state index contributed by atoms with van der Waals surface area (Å²) in [6.07, 6.45) is 5.88. The number of rotatable bonds is 3. The predicted molar refractivity (Wildman–Crippen MR) is 89.3 cm³/mol. The van der Waals surface area contributed by atoms with E-state index >= 15 is 0 Å².